The molecular weight excluding hydrogens is 320 g/mol. The van der Waals surface area contributed by atoms with Crippen molar-refractivity contribution in [1.82, 2.24) is 20.1 Å². The molecule has 0 spiro atoms. The molecule has 1 aliphatic rings. The maximum absolute atomic E-state index is 12.8. The second-order valence-corrected chi connectivity index (χ2v) is 6.86. The van der Waals surface area contributed by atoms with Gasteiger partial charge in [-0.1, -0.05) is 6.92 Å². The first kappa shape index (κ1) is 19.3. The number of aldehydes is 2. The number of hydrogen-bond donors (Lipinski definition) is 2. The van der Waals surface area contributed by atoms with Crippen molar-refractivity contribution in [3.05, 3.63) is 22.5 Å². The van der Waals surface area contributed by atoms with Gasteiger partial charge in [0.05, 0.1) is 17.4 Å². The topological polar surface area (TPSA) is 85.5 Å². The summed E-state index contributed by atoms with van der Waals surface area (Å²) in [6, 6.07) is 0. The van der Waals surface area contributed by atoms with Crippen LogP contribution in [0.1, 0.15) is 58.8 Å². The van der Waals surface area contributed by atoms with E-state index in [1.54, 1.807) is 20.8 Å². The standard InChI is InChI=1S/C18H28N4O3/c1-6-22-9-7-8-15(22)21(5)18(4,11-24)20-17(25)16-12(2)14(10-23)19-13(16)3/h10-11,15,19H,6-9H2,1-5H3,(H,20,25). The predicted molar refractivity (Wildman–Crippen MR) is 95.6 cm³/mol. The Morgan fingerprint density at radius 3 is 2.64 bits per heavy atom. The second kappa shape index (κ2) is 7.49. The van der Waals surface area contributed by atoms with Crippen LogP contribution in [0.15, 0.2) is 0 Å². The summed E-state index contributed by atoms with van der Waals surface area (Å²) in [5, 5.41) is 2.86. The minimum atomic E-state index is -1.13. The number of aromatic amines is 1. The fourth-order valence-corrected chi connectivity index (χ4v) is 3.65. The number of aromatic nitrogens is 1. The molecule has 2 N–H and O–H groups in total. The maximum atomic E-state index is 12.8. The van der Waals surface area contributed by atoms with Crippen molar-refractivity contribution in [3.8, 4) is 0 Å². The number of amides is 1. The molecule has 0 aliphatic carbocycles. The second-order valence-electron chi connectivity index (χ2n) is 6.86. The Morgan fingerprint density at radius 1 is 1.44 bits per heavy atom. The Labute approximate surface area is 148 Å². The van der Waals surface area contributed by atoms with Crippen molar-refractivity contribution in [1.29, 1.82) is 0 Å². The number of hydrogen-bond acceptors (Lipinski definition) is 5. The highest BCUT2D eigenvalue weighted by atomic mass is 16.2. The average molecular weight is 348 g/mol. The van der Waals surface area contributed by atoms with Crippen molar-refractivity contribution in [3.63, 3.8) is 0 Å². The van der Waals surface area contributed by atoms with Crippen LogP contribution in [0.25, 0.3) is 0 Å². The van der Waals surface area contributed by atoms with E-state index in [9.17, 15) is 14.4 Å². The van der Waals surface area contributed by atoms with Gasteiger partial charge in [-0.05, 0) is 59.3 Å². The van der Waals surface area contributed by atoms with Gasteiger partial charge in [0, 0.05) is 5.69 Å². The number of aryl methyl sites for hydroxylation is 1. The van der Waals surface area contributed by atoms with Crippen LogP contribution in [-0.2, 0) is 4.79 Å². The van der Waals surface area contributed by atoms with Crippen molar-refractivity contribution >= 4 is 18.5 Å². The molecule has 2 heterocycles. The summed E-state index contributed by atoms with van der Waals surface area (Å²) in [6.07, 6.45) is 3.61. The summed E-state index contributed by atoms with van der Waals surface area (Å²) in [6.45, 7) is 9.16. The smallest absolute Gasteiger partial charge is 0.255 e. The lowest BCUT2D eigenvalue weighted by Crippen LogP contribution is -2.63. The van der Waals surface area contributed by atoms with E-state index < -0.39 is 5.66 Å². The summed E-state index contributed by atoms with van der Waals surface area (Å²) in [5.74, 6) is -0.359. The SMILES string of the molecule is CCN1CCCC1N(C)C(C)(C=O)NC(=O)c1c(C)[nH]c(C=O)c1C. The Kier molecular flexibility index (Phi) is 5.80. The number of nitrogens with one attached hydrogen (secondary N) is 2. The van der Waals surface area contributed by atoms with E-state index in [-0.39, 0.29) is 12.1 Å². The van der Waals surface area contributed by atoms with Crippen LogP contribution < -0.4 is 5.32 Å². The first-order valence-electron chi connectivity index (χ1n) is 8.69. The number of likely N-dealkylation sites (N-methyl/N-ethyl adjacent to an activating group) is 1. The molecule has 138 valence electrons. The zero-order valence-electron chi connectivity index (χ0n) is 15.7. The molecule has 2 unspecified atom stereocenters. The van der Waals surface area contributed by atoms with Crippen LogP contribution >= 0.6 is 0 Å². The largest absolute Gasteiger partial charge is 0.356 e. The lowest BCUT2D eigenvalue weighted by Gasteiger charge is -2.42. The van der Waals surface area contributed by atoms with Crippen LogP contribution in [0.5, 0.6) is 0 Å². The number of carbonyl (C=O) groups excluding carboxylic acids is 3. The van der Waals surface area contributed by atoms with Crippen molar-refractivity contribution in [2.45, 2.75) is 52.4 Å². The van der Waals surface area contributed by atoms with Crippen LogP contribution in [0.2, 0.25) is 0 Å². The summed E-state index contributed by atoms with van der Waals surface area (Å²) >= 11 is 0. The molecule has 0 bridgehead atoms. The molecule has 1 saturated heterocycles. The van der Waals surface area contributed by atoms with Gasteiger partial charge in [0.1, 0.15) is 5.66 Å². The molecule has 1 amide bonds. The van der Waals surface area contributed by atoms with E-state index in [4.69, 9.17) is 0 Å². The van der Waals surface area contributed by atoms with Crippen LogP contribution in [0.3, 0.4) is 0 Å². The molecule has 7 nitrogen and oxygen atoms in total. The summed E-state index contributed by atoms with van der Waals surface area (Å²) in [5.41, 5.74) is 0.886. The fourth-order valence-electron chi connectivity index (χ4n) is 3.65. The summed E-state index contributed by atoms with van der Waals surface area (Å²) in [4.78, 5) is 42.9. The van der Waals surface area contributed by atoms with Gasteiger partial charge in [0.15, 0.2) is 12.6 Å². The maximum Gasteiger partial charge on any atom is 0.255 e. The third kappa shape index (κ3) is 3.52. The van der Waals surface area contributed by atoms with Crippen LogP contribution in [0.4, 0.5) is 0 Å². The molecule has 0 aromatic carbocycles. The quantitative estimate of drug-likeness (QED) is 0.576. The van der Waals surface area contributed by atoms with Crippen molar-refractivity contribution < 1.29 is 14.4 Å². The molecule has 1 aliphatic heterocycles. The van der Waals surface area contributed by atoms with Crippen molar-refractivity contribution in [2.75, 3.05) is 20.1 Å². The van der Waals surface area contributed by atoms with E-state index in [0.717, 1.165) is 32.2 Å². The molecule has 2 rings (SSSR count). The molecule has 25 heavy (non-hydrogen) atoms. The van der Waals surface area contributed by atoms with Gasteiger partial charge < -0.3 is 10.3 Å². The third-order valence-corrected chi connectivity index (χ3v) is 5.33. The molecule has 1 aromatic rings. The van der Waals surface area contributed by atoms with Gasteiger partial charge >= 0.3 is 0 Å². The molecule has 1 fully saturated rings. The van der Waals surface area contributed by atoms with E-state index >= 15 is 0 Å². The van der Waals surface area contributed by atoms with Gasteiger partial charge in [-0.3, -0.25) is 24.2 Å². The van der Waals surface area contributed by atoms with E-state index in [1.165, 1.54) is 0 Å². The minimum absolute atomic E-state index is 0.111. The minimum Gasteiger partial charge on any atom is -0.356 e. The Balaban J connectivity index is 2.25. The molecule has 2 atom stereocenters. The highest BCUT2D eigenvalue weighted by Crippen LogP contribution is 2.25. The van der Waals surface area contributed by atoms with Gasteiger partial charge in [0.2, 0.25) is 0 Å². The normalized spacial score (nSPS) is 20.5. The predicted octanol–water partition coefficient (Wildman–Crippen LogP) is 1.46. The zero-order valence-corrected chi connectivity index (χ0v) is 15.7. The number of carbonyl (C=O) groups is 3. The van der Waals surface area contributed by atoms with Gasteiger partial charge in [-0.2, -0.15) is 0 Å². The van der Waals surface area contributed by atoms with Crippen LogP contribution in [0, 0.1) is 13.8 Å². The van der Waals surface area contributed by atoms with Crippen molar-refractivity contribution in [2.24, 2.45) is 0 Å². The van der Waals surface area contributed by atoms with Gasteiger partial charge in [-0.25, -0.2) is 0 Å². The molecule has 1 aromatic heterocycles. The lowest BCUT2D eigenvalue weighted by atomic mass is 10.1. The lowest BCUT2D eigenvalue weighted by molar-refractivity contribution is -0.122. The zero-order chi connectivity index (χ0) is 18.8. The van der Waals surface area contributed by atoms with Crippen LogP contribution in [-0.4, -0.2) is 65.2 Å². The number of rotatable bonds is 7. The summed E-state index contributed by atoms with van der Waals surface area (Å²) in [7, 11) is 1.86. The number of likely N-dealkylation sites (tertiary alicyclic amines) is 1. The molecule has 0 radical (unpaired) electrons. The Hall–Kier alpha value is -1.99. The first-order chi connectivity index (χ1) is 11.8. The monoisotopic (exact) mass is 348 g/mol. The fraction of sp³-hybridized carbons (Fsp3) is 0.611. The highest BCUT2D eigenvalue weighted by molar-refractivity contribution is 6.00. The first-order valence-corrected chi connectivity index (χ1v) is 8.69. The Bertz CT molecular complexity index is 670. The number of H-pyrrole nitrogens is 1. The van der Waals surface area contributed by atoms with E-state index in [0.29, 0.717) is 28.8 Å². The molecule has 0 saturated carbocycles. The average Bonchev–Trinajstić information content (AvgIpc) is 3.17. The highest BCUT2D eigenvalue weighted by Gasteiger charge is 2.39. The number of nitrogens with zero attached hydrogens (tertiary/aromatic N) is 2. The van der Waals surface area contributed by atoms with E-state index in [1.807, 2.05) is 11.9 Å². The van der Waals surface area contributed by atoms with Gasteiger partial charge in [-0.15, -0.1) is 0 Å². The van der Waals surface area contributed by atoms with Gasteiger partial charge in [0.25, 0.3) is 5.91 Å². The molecular formula is C18H28N4O3. The Morgan fingerprint density at radius 2 is 2.12 bits per heavy atom. The third-order valence-electron chi connectivity index (χ3n) is 5.33. The van der Waals surface area contributed by atoms with E-state index in [2.05, 4.69) is 22.1 Å². The summed E-state index contributed by atoms with van der Waals surface area (Å²) < 4.78 is 0. The molecule has 7 heteroatoms.